The molecule has 0 unspecified atom stereocenters. The van der Waals surface area contributed by atoms with E-state index < -0.39 is 11.9 Å². The molecular weight excluding hydrogens is 464 g/mol. The normalized spacial score (nSPS) is 40.3. The first-order valence-electron chi connectivity index (χ1n) is 9.55. The number of hydrogen-bond acceptors (Lipinski definition) is 4. The van der Waals surface area contributed by atoms with E-state index in [2.05, 4.69) is 44.8 Å². The van der Waals surface area contributed by atoms with E-state index >= 15 is 0 Å². The van der Waals surface area contributed by atoms with Crippen LogP contribution in [-0.4, -0.2) is 35.3 Å². The summed E-state index contributed by atoms with van der Waals surface area (Å²) in [6.45, 7) is 3.43. The van der Waals surface area contributed by atoms with Gasteiger partial charge < -0.3 is 19.7 Å². The zero-order valence-electron chi connectivity index (χ0n) is 14.8. The standard InChI is InChI=1S/C20H24Br2O4/c1-19-5-4-10-11(14(19)9-16(23)20(19)25-6-7-26-20)2-3-12-13(10)8-15(21)18(24)17(12)22/h8,10-11,14,16,23-24H,2-7,9H2,1H3/t10-,11+,14+,16+,19-/m0/s1. The van der Waals surface area contributed by atoms with Crippen molar-refractivity contribution in [1.82, 2.24) is 0 Å². The summed E-state index contributed by atoms with van der Waals surface area (Å²) in [7, 11) is 0. The number of hydrogen-bond donors (Lipinski definition) is 2. The molecule has 1 heterocycles. The Balaban J connectivity index is 1.56. The summed E-state index contributed by atoms with van der Waals surface area (Å²) in [5, 5.41) is 21.2. The van der Waals surface area contributed by atoms with Gasteiger partial charge in [-0.05, 0) is 98.9 Å². The van der Waals surface area contributed by atoms with Gasteiger partial charge in [-0.3, -0.25) is 0 Å². The first-order valence-corrected chi connectivity index (χ1v) is 11.1. The highest BCUT2D eigenvalue weighted by Crippen LogP contribution is 2.66. The van der Waals surface area contributed by atoms with Gasteiger partial charge in [-0.25, -0.2) is 0 Å². The van der Waals surface area contributed by atoms with Crippen molar-refractivity contribution in [3.63, 3.8) is 0 Å². The fourth-order valence-electron chi connectivity index (χ4n) is 6.55. The molecule has 0 amide bonds. The van der Waals surface area contributed by atoms with Gasteiger partial charge in [-0.1, -0.05) is 6.92 Å². The molecule has 5 atom stereocenters. The number of aliphatic hydroxyl groups excluding tert-OH is 1. The molecule has 142 valence electrons. The summed E-state index contributed by atoms with van der Waals surface area (Å²) in [6, 6.07) is 2.11. The number of fused-ring (bicyclic) bond motifs is 6. The van der Waals surface area contributed by atoms with Crippen LogP contribution in [0.3, 0.4) is 0 Å². The smallest absolute Gasteiger partial charge is 0.200 e. The van der Waals surface area contributed by atoms with Gasteiger partial charge >= 0.3 is 0 Å². The molecule has 1 saturated heterocycles. The maximum atomic E-state index is 10.9. The average molecular weight is 488 g/mol. The van der Waals surface area contributed by atoms with E-state index in [0.29, 0.717) is 36.7 Å². The molecule has 1 aromatic carbocycles. The third-order valence-corrected chi connectivity index (χ3v) is 9.17. The number of benzene rings is 1. The fraction of sp³-hybridized carbons (Fsp3) is 0.700. The van der Waals surface area contributed by atoms with Gasteiger partial charge in [-0.2, -0.15) is 0 Å². The third-order valence-electron chi connectivity index (χ3n) is 7.71. The van der Waals surface area contributed by atoms with Crippen molar-refractivity contribution in [1.29, 1.82) is 0 Å². The molecule has 0 radical (unpaired) electrons. The second-order valence-corrected chi connectivity index (χ2v) is 10.2. The lowest BCUT2D eigenvalue weighted by Gasteiger charge is -2.52. The number of phenolic OH excluding ortho intramolecular Hbond substituents is 1. The molecule has 0 aromatic heterocycles. The van der Waals surface area contributed by atoms with Crippen molar-refractivity contribution in [2.24, 2.45) is 17.3 Å². The predicted octanol–water partition coefficient (Wildman–Crippen LogP) is 4.49. The summed E-state index contributed by atoms with van der Waals surface area (Å²) >= 11 is 7.11. The number of halogens is 2. The molecule has 6 heteroatoms. The van der Waals surface area contributed by atoms with E-state index in [9.17, 15) is 10.2 Å². The van der Waals surface area contributed by atoms with Gasteiger partial charge in [-0.15, -0.1) is 0 Å². The molecule has 4 nitrogen and oxygen atoms in total. The summed E-state index contributed by atoms with van der Waals surface area (Å²) in [5.74, 6) is 0.874. The monoisotopic (exact) mass is 486 g/mol. The van der Waals surface area contributed by atoms with Crippen LogP contribution < -0.4 is 0 Å². The average Bonchev–Trinajstić information content (AvgIpc) is 3.20. The highest BCUT2D eigenvalue weighted by Gasteiger charge is 2.69. The Bertz CT molecular complexity index is 761. The van der Waals surface area contributed by atoms with Gasteiger partial charge in [0.25, 0.3) is 0 Å². The lowest BCUT2D eigenvalue weighted by molar-refractivity contribution is -0.270. The zero-order valence-corrected chi connectivity index (χ0v) is 18.0. The SMILES string of the molecule is C[C@]12CC[C@@H]3c4cc(Br)c(O)c(Br)c4CC[C@H]3[C@H]1C[C@@H](O)C21OCCO1. The van der Waals surface area contributed by atoms with Crippen LogP contribution in [0.1, 0.15) is 49.7 Å². The molecule has 4 aliphatic rings. The topological polar surface area (TPSA) is 58.9 Å². The summed E-state index contributed by atoms with van der Waals surface area (Å²) in [4.78, 5) is 0. The molecule has 26 heavy (non-hydrogen) atoms. The Morgan fingerprint density at radius 1 is 1.19 bits per heavy atom. The number of rotatable bonds is 0. The van der Waals surface area contributed by atoms with Crippen LogP contribution >= 0.6 is 31.9 Å². The fourth-order valence-corrected chi connectivity index (χ4v) is 7.90. The number of phenols is 1. The van der Waals surface area contributed by atoms with E-state index in [1.54, 1.807) is 0 Å². The second-order valence-electron chi connectivity index (χ2n) is 8.58. The van der Waals surface area contributed by atoms with Crippen LogP contribution in [0.25, 0.3) is 0 Å². The highest BCUT2D eigenvalue weighted by atomic mass is 79.9. The summed E-state index contributed by atoms with van der Waals surface area (Å²) in [5.41, 5.74) is 2.47. The van der Waals surface area contributed by atoms with Gasteiger partial charge in [0.2, 0.25) is 0 Å². The molecule has 1 aliphatic heterocycles. The van der Waals surface area contributed by atoms with Crippen LogP contribution in [0.4, 0.5) is 0 Å². The van der Waals surface area contributed by atoms with Crippen molar-refractivity contribution >= 4 is 31.9 Å². The van der Waals surface area contributed by atoms with E-state index in [-0.39, 0.29) is 5.41 Å². The molecule has 3 fully saturated rings. The van der Waals surface area contributed by atoms with Crippen molar-refractivity contribution in [3.8, 4) is 5.75 Å². The maximum Gasteiger partial charge on any atom is 0.200 e. The number of ether oxygens (including phenoxy) is 2. The molecular formula is C20H24Br2O4. The minimum atomic E-state index is -0.807. The van der Waals surface area contributed by atoms with Gasteiger partial charge in [0, 0.05) is 5.41 Å². The van der Waals surface area contributed by atoms with Crippen molar-refractivity contribution in [3.05, 3.63) is 26.1 Å². The molecule has 5 rings (SSSR count). The lowest BCUT2D eigenvalue weighted by atomic mass is 9.55. The quantitative estimate of drug-likeness (QED) is 0.566. The Kier molecular flexibility index (Phi) is 4.09. The van der Waals surface area contributed by atoms with Gasteiger partial charge in [0.1, 0.15) is 11.9 Å². The number of aromatic hydroxyl groups is 1. The molecule has 0 bridgehead atoms. The van der Waals surface area contributed by atoms with Crippen molar-refractivity contribution in [2.75, 3.05) is 13.2 Å². The van der Waals surface area contributed by atoms with E-state index in [1.807, 2.05) is 0 Å². The number of aliphatic hydroxyl groups is 1. The van der Waals surface area contributed by atoms with Crippen LogP contribution in [0, 0.1) is 17.3 Å². The molecule has 3 aliphatic carbocycles. The first-order chi connectivity index (χ1) is 12.4. The maximum absolute atomic E-state index is 10.9. The van der Waals surface area contributed by atoms with Gasteiger partial charge in [0.05, 0.1) is 22.2 Å². The predicted molar refractivity (Wildman–Crippen MR) is 104 cm³/mol. The van der Waals surface area contributed by atoms with Gasteiger partial charge in [0.15, 0.2) is 5.79 Å². The first kappa shape index (κ1) is 17.9. The van der Waals surface area contributed by atoms with E-state index in [1.165, 1.54) is 11.1 Å². The Morgan fingerprint density at radius 2 is 1.92 bits per heavy atom. The van der Waals surface area contributed by atoms with Crippen molar-refractivity contribution < 1.29 is 19.7 Å². The largest absolute Gasteiger partial charge is 0.506 e. The van der Waals surface area contributed by atoms with E-state index in [0.717, 1.165) is 41.0 Å². The minimum Gasteiger partial charge on any atom is -0.506 e. The molecule has 1 spiro atoms. The molecule has 2 N–H and O–H groups in total. The second kappa shape index (κ2) is 5.93. The summed E-state index contributed by atoms with van der Waals surface area (Å²) in [6.07, 6.45) is 4.31. The van der Waals surface area contributed by atoms with Crippen LogP contribution in [0.5, 0.6) is 5.75 Å². The Morgan fingerprint density at radius 3 is 2.65 bits per heavy atom. The third kappa shape index (κ3) is 2.11. The molecule has 2 saturated carbocycles. The Labute approximate surface area is 170 Å². The summed E-state index contributed by atoms with van der Waals surface area (Å²) < 4.78 is 13.7. The van der Waals surface area contributed by atoms with Crippen LogP contribution in [-0.2, 0) is 15.9 Å². The Hall–Kier alpha value is -0.140. The van der Waals surface area contributed by atoms with Crippen LogP contribution in [0.2, 0.25) is 0 Å². The lowest BCUT2D eigenvalue weighted by Crippen LogP contribution is -2.54. The minimum absolute atomic E-state index is 0.132. The van der Waals surface area contributed by atoms with Crippen LogP contribution in [0.15, 0.2) is 15.0 Å². The zero-order chi connectivity index (χ0) is 18.3. The van der Waals surface area contributed by atoms with E-state index in [4.69, 9.17) is 9.47 Å². The van der Waals surface area contributed by atoms with Crippen molar-refractivity contribution in [2.45, 2.75) is 56.8 Å². The highest BCUT2D eigenvalue weighted by molar-refractivity contribution is 9.11. The molecule has 1 aromatic rings.